The van der Waals surface area contributed by atoms with Gasteiger partial charge in [0, 0.05) is 32.4 Å². The predicted octanol–water partition coefficient (Wildman–Crippen LogP) is 4.16. The quantitative estimate of drug-likeness (QED) is 0.590. The molecule has 2 aromatic heterocycles. The predicted molar refractivity (Wildman–Crippen MR) is 124 cm³/mol. The molecule has 0 spiro atoms. The Balaban J connectivity index is 1.34. The van der Waals surface area contributed by atoms with Crippen molar-refractivity contribution in [3.05, 3.63) is 59.4 Å². The van der Waals surface area contributed by atoms with Crippen LogP contribution in [0, 0.1) is 6.92 Å². The number of hydrogen-bond donors (Lipinski definition) is 1. The van der Waals surface area contributed by atoms with Crippen molar-refractivity contribution in [1.29, 1.82) is 0 Å². The van der Waals surface area contributed by atoms with Crippen LogP contribution in [0.5, 0.6) is 0 Å². The monoisotopic (exact) mass is 423 g/mol. The maximum Gasteiger partial charge on any atom is 0.183 e. The summed E-state index contributed by atoms with van der Waals surface area (Å²) in [5, 5.41) is 9.17. The minimum absolute atomic E-state index is 0.773. The topological polar surface area (TPSA) is 55.2 Å². The normalized spacial score (nSPS) is 15.5. The molecule has 0 unspecified atom stereocenters. The number of ether oxygens (including phenoxy) is 1. The van der Waals surface area contributed by atoms with Gasteiger partial charge in [0.2, 0.25) is 0 Å². The van der Waals surface area contributed by atoms with Crippen LogP contribution in [0.1, 0.15) is 18.2 Å². The molecule has 1 aliphatic heterocycles. The van der Waals surface area contributed by atoms with Gasteiger partial charge in [0.1, 0.15) is 5.69 Å². The van der Waals surface area contributed by atoms with Crippen molar-refractivity contribution in [3.8, 4) is 10.6 Å². The number of rotatable bonds is 8. The smallest absolute Gasteiger partial charge is 0.183 e. The maximum absolute atomic E-state index is 5.41. The standard InChI is InChI=1S/C23H29N5OS/c1-18(16-20-6-4-3-5-7-20)17-24-23-25-19(2)22(30-23)21-8-9-28(26-21)11-10-27-12-14-29-15-13-27/h3-9,16H,10-15,17H2,1-2H3,(H,24,25)/b18-16+. The fourth-order valence-corrected chi connectivity index (χ4v) is 4.41. The highest BCUT2D eigenvalue weighted by Gasteiger charge is 2.14. The lowest BCUT2D eigenvalue weighted by molar-refractivity contribution is 0.0360. The van der Waals surface area contributed by atoms with Crippen molar-refractivity contribution in [1.82, 2.24) is 19.7 Å². The number of nitrogens with zero attached hydrogens (tertiary/aromatic N) is 4. The number of aryl methyl sites for hydroxylation is 1. The van der Waals surface area contributed by atoms with Crippen molar-refractivity contribution >= 4 is 22.5 Å². The van der Waals surface area contributed by atoms with Gasteiger partial charge in [-0.15, -0.1) is 0 Å². The third-order valence-corrected chi connectivity index (χ3v) is 6.29. The first-order chi connectivity index (χ1) is 14.7. The second kappa shape index (κ2) is 10.0. The van der Waals surface area contributed by atoms with Crippen molar-refractivity contribution in [2.75, 3.05) is 44.7 Å². The molecule has 0 amide bonds. The maximum atomic E-state index is 5.41. The Labute approximate surface area is 182 Å². The summed E-state index contributed by atoms with van der Waals surface area (Å²) < 4.78 is 7.45. The molecular formula is C23H29N5OS. The molecule has 3 heterocycles. The van der Waals surface area contributed by atoms with E-state index in [2.05, 4.69) is 66.7 Å². The molecule has 0 aliphatic carbocycles. The van der Waals surface area contributed by atoms with Crippen LogP contribution in [-0.2, 0) is 11.3 Å². The van der Waals surface area contributed by atoms with Gasteiger partial charge in [-0.2, -0.15) is 5.10 Å². The first kappa shape index (κ1) is 20.8. The average Bonchev–Trinajstić information content (AvgIpc) is 3.38. The van der Waals surface area contributed by atoms with Crippen LogP contribution in [0.4, 0.5) is 5.13 Å². The van der Waals surface area contributed by atoms with Crippen LogP contribution in [0.15, 0.2) is 48.2 Å². The lowest BCUT2D eigenvalue weighted by Crippen LogP contribution is -2.38. The largest absolute Gasteiger partial charge is 0.379 e. The van der Waals surface area contributed by atoms with E-state index in [0.29, 0.717) is 0 Å². The molecule has 0 saturated carbocycles. The molecule has 4 rings (SSSR count). The van der Waals surface area contributed by atoms with Gasteiger partial charge in [0.15, 0.2) is 5.13 Å². The van der Waals surface area contributed by atoms with Crippen molar-refractivity contribution in [3.63, 3.8) is 0 Å². The Bertz CT molecular complexity index is 973. The van der Waals surface area contributed by atoms with Gasteiger partial charge in [-0.3, -0.25) is 9.58 Å². The fourth-order valence-electron chi connectivity index (χ4n) is 3.49. The number of benzene rings is 1. The van der Waals surface area contributed by atoms with Crippen LogP contribution in [0.2, 0.25) is 0 Å². The van der Waals surface area contributed by atoms with Crippen LogP contribution >= 0.6 is 11.3 Å². The lowest BCUT2D eigenvalue weighted by Gasteiger charge is -2.26. The molecule has 3 aromatic rings. The molecule has 1 fully saturated rings. The molecule has 7 heteroatoms. The van der Waals surface area contributed by atoms with E-state index in [1.54, 1.807) is 11.3 Å². The first-order valence-electron chi connectivity index (χ1n) is 10.4. The number of anilines is 1. The molecule has 1 N–H and O–H groups in total. The third-order valence-electron chi connectivity index (χ3n) is 5.15. The Hall–Kier alpha value is -2.48. The second-order valence-electron chi connectivity index (χ2n) is 7.61. The zero-order valence-corrected chi connectivity index (χ0v) is 18.5. The zero-order chi connectivity index (χ0) is 20.8. The van der Waals surface area contributed by atoms with Crippen LogP contribution in [0.25, 0.3) is 16.6 Å². The van der Waals surface area contributed by atoms with Gasteiger partial charge in [-0.05, 0) is 25.5 Å². The molecule has 0 atom stereocenters. The second-order valence-corrected chi connectivity index (χ2v) is 8.61. The van der Waals surface area contributed by atoms with E-state index in [1.165, 1.54) is 11.1 Å². The zero-order valence-electron chi connectivity index (χ0n) is 17.7. The van der Waals surface area contributed by atoms with Crippen molar-refractivity contribution in [2.45, 2.75) is 20.4 Å². The number of hydrogen-bond acceptors (Lipinski definition) is 6. The Morgan fingerprint density at radius 2 is 1.97 bits per heavy atom. The summed E-state index contributed by atoms with van der Waals surface area (Å²) in [5.41, 5.74) is 4.50. The number of thiazole rings is 1. The molecule has 30 heavy (non-hydrogen) atoms. The van der Waals surface area contributed by atoms with Crippen molar-refractivity contribution < 1.29 is 4.74 Å². The number of aromatic nitrogens is 3. The number of nitrogens with one attached hydrogen (secondary N) is 1. The van der Waals surface area contributed by atoms with Gasteiger partial charge in [-0.1, -0.05) is 53.3 Å². The minimum Gasteiger partial charge on any atom is -0.379 e. The highest BCUT2D eigenvalue weighted by Crippen LogP contribution is 2.31. The van der Waals surface area contributed by atoms with Gasteiger partial charge >= 0.3 is 0 Å². The summed E-state index contributed by atoms with van der Waals surface area (Å²) in [6.45, 7) is 10.5. The van der Waals surface area contributed by atoms with Crippen molar-refractivity contribution in [2.24, 2.45) is 0 Å². The SMILES string of the molecule is C/C(=C\c1ccccc1)CNc1nc(C)c(-c2ccn(CCN3CCOCC3)n2)s1. The highest BCUT2D eigenvalue weighted by molar-refractivity contribution is 7.19. The van der Waals surface area contributed by atoms with E-state index >= 15 is 0 Å². The summed E-state index contributed by atoms with van der Waals surface area (Å²) in [5.74, 6) is 0. The summed E-state index contributed by atoms with van der Waals surface area (Å²) >= 11 is 1.67. The van der Waals surface area contributed by atoms with E-state index < -0.39 is 0 Å². The van der Waals surface area contributed by atoms with E-state index in [-0.39, 0.29) is 0 Å². The molecule has 158 valence electrons. The van der Waals surface area contributed by atoms with Gasteiger partial charge in [0.25, 0.3) is 0 Å². The third kappa shape index (κ3) is 5.56. The molecular weight excluding hydrogens is 394 g/mol. The summed E-state index contributed by atoms with van der Waals surface area (Å²) in [6, 6.07) is 12.5. The Kier molecular flexibility index (Phi) is 6.94. The molecule has 0 radical (unpaired) electrons. The molecule has 1 aromatic carbocycles. The van der Waals surface area contributed by atoms with E-state index in [9.17, 15) is 0 Å². The minimum atomic E-state index is 0.773. The van der Waals surface area contributed by atoms with E-state index in [0.717, 1.165) is 67.3 Å². The van der Waals surface area contributed by atoms with Crippen LogP contribution < -0.4 is 5.32 Å². The van der Waals surface area contributed by atoms with Gasteiger partial charge in [-0.25, -0.2) is 4.98 Å². The molecule has 6 nitrogen and oxygen atoms in total. The molecule has 0 bridgehead atoms. The van der Waals surface area contributed by atoms with Crippen LogP contribution in [0.3, 0.4) is 0 Å². The summed E-state index contributed by atoms with van der Waals surface area (Å²) in [4.78, 5) is 8.26. The highest BCUT2D eigenvalue weighted by atomic mass is 32.1. The summed E-state index contributed by atoms with van der Waals surface area (Å²) in [7, 11) is 0. The Morgan fingerprint density at radius 1 is 1.17 bits per heavy atom. The van der Waals surface area contributed by atoms with E-state index in [1.807, 2.05) is 10.7 Å². The first-order valence-corrected chi connectivity index (χ1v) is 11.3. The van der Waals surface area contributed by atoms with Gasteiger partial charge in [0.05, 0.1) is 30.3 Å². The van der Waals surface area contributed by atoms with E-state index in [4.69, 9.17) is 14.8 Å². The average molecular weight is 424 g/mol. The molecule has 1 saturated heterocycles. The lowest BCUT2D eigenvalue weighted by atomic mass is 10.1. The van der Waals surface area contributed by atoms with Gasteiger partial charge < -0.3 is 10.1 Å². The summed E-state index contributed by atoms with van der Waals surface area (Å²) in [6.07, 6.45) is 4.26. The Morgan fingerprint density at radius 3 is 2.77 bits per heavy atom. The number of morpholine rings is 1. The molecule has 1 aliphatic rings. The fraction of sp³-hybridized carbons (Fsp3) is 0.391. The van der Waals surface area contributed by atoms with Crippen LogP contribution in [-0.4, -0.2) is 59.1 Å².